The van der Waals surface area contributed by atoms with Crippen molar-refractivity contribution in [1.82, 2.24) is 5.32 Å². The third kappa shape index (κ3) is 4.81. The Hall–Kier alpha value is -1.06. The average molecular weight is 213 g/mol. The SMILES string of the molecule is CCOC(=O)CCCC1CCCC(=O)N1. The monoisotopic (exact) mass is 213 g/mol. The summed E-state index contributed by atoms with van der Waals surface area (Å²) < 4.78 is 4.83. The van der Waals surface area contributed by atoms with Crippen LogP contribution in [0.15, 0.2) is 0 Å². The van der Waals surface area contributed by atoms with Gasteiger partial charge in [0.15, 0.2) is 0 Å². The fraction of sp³-hybridized carbons (Fsp3) is 0.818. The zero-order valence-corrected chi connectivity index (χ0v) is 9.25. The molecular formula is C11H19NO3. The molecule has 0 aromatic heterocycles. The molecule has 1 N–H and O–H groups in total. The highest BCUT2D eigenvalue weighted by atomic mass is 16.5. The molecule has 0 aromatic rings. The Bertz CT molecular complexity index is 228. The van der Waals surface area contributed by atoms with Crippen molar-refractivity contribution in [2.45, 2.75) is 51.5 Å². The molecule has 1 rings (SSSR count). The van der Waals surface area contributed by atoms with Crippen LogP contribution < -0.4 is 5.32 Å². The van der Waals surface area contributed by atoms with Gasteiger partial charge >= 0.3 is 5.97 Å². The van der Waals surface area contributed by atoms with Crippen LogP contribution in [-0.2, 0) is 14.3 Å². The van der Waals surface area contributed by atoms with E-state index in [0.29, 0.717) is 19.4 Å². The van der Waals surface area contributed by atoms with Gasteiger partial charge in [-0.3, -0.25) is 9.59 Å². The Morgan fingerprint density at radius 1 is 1.60 bits per heavy atom. The Kier molecular flexibility index (Phi) is 5.15. The summed E-state index contributed by atoms with van der Waals surface area (Å²) in [6.45, 7) is 2.25. The van der Waals surface area contributed by atoms with E-state index in [0.717, 1.165) is 25.7 Å². The number of hydrogen-bond donors (Lipinski definition) is 1. The van der Waals surface area contributed by atoms with Gasteiger partial charge < -0.3 is 10.1 Å². The van der Waals surface area contributed by atoms with Gasteiger partial charge in [-0.05, 0) is 32.6 Å². The summed E-state index contributed by atoms with van der Waals surface area (Å²) in [5.74, 6) is 0.00187. The number of piperidine rings is 1. The van der Waals surface area contributed by atoms with Gasteiger partial charge in [-0.2, -0.15) is 0 Å². The van der Waals surface area contributed by atoms with E-state index < -0.39 is 0 Å². The molecule has 1 heterocycles. The number of ether oxygens (including phenoxy) is 1. The predicted octanol–water partition coefficient (Wildman–Crippen LogP) is 1.39. The third-order valence-corrected chi connectivity index (χ3v) is 2.56. The molecule has 1 saturated heterocycles. The van der Waals surface area contributed by atoms with Crippen molar-refractivity contribution in [2.75, 3.05) is 6.61 Å². The Morgan fingerprint density at radius 2 is 2.40 bits per heavy atom. The second-order valence-corrected chi connectivity index (χ2v) is 3.85. The molecule has 1 aliphatic heterocycles. The standard InChI is InChI=1S/C11H19NO3/c1-2-15-11(14)8-4-6-9-5-3-7-10(13)12-9/h9H,2-8H2,1H3,(H,12,13). The molecule has 1 unspecified atom stereocenters. The zero-order chi connectivity index (χ0) is 11.1. The largest absolute Gasteiger partial charge is 0.466 e. The highest BCUT2D eigenvalue weighted by Crippen LogP contribution is 2.13. The number of hydrogen-bond acceptors (Lipinski definition) is 3. The van der Waals surface area contributed by atoms with Crippen molar-refractivity contribution in [2.24, 2.45) is 0 Å². The van der Waals surface area contributed by atoms with Crippen LogP contribution in [0.5, 0.6) is 0 Å². The summed E-state index contributed by atoms with van der Waals surface area (Å²) in [6, 6.07) is 0.265. The molecule has 15 heavy (non-hydrogen) atoms. The lowest BCUT2D eigenvalue weighted by atomic mass is 9.99. The Morgan fingerprint density at radius 3 is 3.07 bits per heavy atom. The molecule has 0 aromatic carbocycles. The van der Waals surface area contributed by atoms with Gasteiger partial charge in [0.05, 0.1) is 6.61 Å². The van der Waals surface area contributed by atoms with Gasteiger partial charge in [0.2, 0.25) is 5.91 Å². The molecule has 86 valence electrons. The van der Waals surface area contributed by atoms with Gasteiger partial charge in [-0.25, -0.2) is 0 Å². The molecule has 0 bridgehead atoms. The maximum atomic E-state index is 11.1. The smallest absolute Gasteiger partial charge is 0.305 e. The molecule has 0 saturated carbocycles. The fourth-order valence-corrected chi connectivity index (χ4v) is 1.82. The van der Waals surface area contributed by atoms with Crippen molar-refractivity contribution < 1.29 is 14.3 Å². The van der Waals surface area contributed by atoms with Crippen LogP contribution >= 0.6 is 0 Å². The number of carbonyl (C=O) groups is 2. The minimum absolute atomic E-state index is 0.139. The van der Waals surface area contributed by atoms with E-state index in [1.54, 1.807) is 6.92 Å². The van der Waals surface area contributed by atoms with Crippen LogP contribution in [0.3, 0.4) is 0 Å². The topological polar surface area (TPSA) is 55.4 Å². The van der Waals surface area contributed by atoms with E-state index in [2.05, 4.69) is 5.32 Å². The quantitative estimate of drug-likeness (QED) is 0.702. The Balaban J connectivity index is 2.09. The third-order valence-electron chi connectivity index (χ3n) is 2.56. The van der Waals surface area contributed by atoms with Crippen LogP contribution in [0, 0.1) is 0 Å². The predicted molar refractivity (Wildman–Crippen MR) is 56.3 cm³/mol. The molecule has 0 radical (unpaired) electrons. The van der Waals surface area contributed by atoms with Gasteiger partial charge in [0.25, 0.3) is 0 Å². The minimum Gasteiger partial charge on any atom is -0.466 e. The number of nitrogens with one attached hydrogen (secondary N) is 1. The first-order chi connectivity index (χ1) is 7.22. The summed E-state index contributed by atoms with van der Waals surface area (Å²) in [6.07, 6.45) is 4.79. The van der Waals surface area contributed by atoms with E-state index in [4.69, 9.17) is 4.74 Å². The van der Waals surface area contributed by atoms with Gasteiger partial charge in [0, 0.05) is 18.9 Å². The summed E-state index contributed by atoms with van der Waals surface area (Å²) in [7, 11) is 0. The number of esters is 1. The highest BCUT2D eigenvalue weighted by molar-refractivity contribution is 5.76. The van der Waals surface area contributed by atoms with Crippen molar-refractivity contribution in [3.8, 4) is 0 Å². The van der Waals surface area contributed by atoms with Crippen molar-refractivity contribution in [3.63, 3.8) is 0 Å². The molecule has 0 spiro atoms. The summed E-state index contributed by atoms with van der Waals surface area (Å²) in [4.78, 5) is 22.1. The Labute approximate surface area is 90.4 Å². The maximum absolute atomic E-state index is 11.1. The maximum Gasteiger partial charge on any atom is 0.305 e. The van der Waals surface area contributed by atoms with Gasteiger partial charge in [-0.1, -0.05) is 0 Å². The molecule has 1 aliphatic rings. The van der Waals surface area contributed by atoms with Gasteiger partial charge in [-0.15, -0.1) is 0 Å². The molecule has 1 amide bonds. The lowest BCUT2D eigenvalue weighted by Gasteiger charge is -2.22. The summed E-state index contributed by atoms with van der Waals surface area (Å²) in [5, 5.41) is 2.93. The van der Waals surface area contributed by atoms with E-state index >= 15 is 0 Å². The number of rotatable bonds is 5. The number of amides is 1. The molecule has 4 heteroatoms. The molecule has 1 fully saturated rings. The van der Waals surface area contributed by atoms with Crippen LogP contribution in [0.4, 0.5) is 0 Å². The van der Waals surface area contributed by atoms with Crippen molar-refractivity contribution in [1.29, 1.82) is 0 Å². The van der Waals surface area contributed by atoms with E-state index in [1.807, 2.05) is 0 Å². The molecule has 1 atom stereocenters. The normalized spacial score (nSPS) is 20.9. The van der Waals surface area contributed by atoms with Crippen LogP contribution in [0.1, 0.15) is 45.4 Å². The summed E-state index contributed by atoms with van der Waals surface area (Å²) in [5.41, 5.74) is 0. The second-order valence-electron chi connectivity index (χ2n) is 3.85. The van der Waals surface area contributed by atoms with E-state index in [-0.39, 0.29) is 17.9 Å². The molecule has 4 nitrogen and oxygen atoms in total. The van der Waals surface area contributed by atoms with E-state index in [9.17, 15) is 9.59 Å². The summed E-state index contributed by atoms with van der Waals surface area (Å²) >= 11 is 0. The van der Waals surface area contributed by atoms with E-state index in [1.165, 1.54) is 0 Å². The molecular weight excluding hydrogens is 194 g/mol. The fourth-order valence-electron chi connectivity index (χ4n) is 1.82. The first kappa shape index (κ1) is 12.0. The second kappa shape index (κ2) is 6.43. The first-order valence-corrected chi connectivity index (χ1v) is 5.67. The lowest BCUT2D eigenvalue weighted by Crippen LogP contribution is -2.38. The highest BCUT2D eigenvalue weighted by Gasteiger charge is 2.17. The number of carbonyl (C=O) groups excluding carboxylic acids is 2. The van der Waals surface area contributed by atoms with Crippen molar-refractivity contribution >= 4 is 11.9 Å². The first-order valence-electron chi connectivity index (χ1n) is 5.67. The van der Waals surface area contributed by atoms with Crippen LogP contribution in [0.2, 0.25) is 0 Å². The van der Waals surface area contributed by atoms with Crippen LogP contribution in [-0.4, -0.2) is 24.5 Å². The average Bonchev–Trinajstić information content (AvgIpc) is 2.18. The molecule has 0 aliphatic carbocycles. The lowest BCUT2D eigenvalue weighted by molar-refractivity contribution is -0.143. The van der Waals surface area contributed by atoms with Crippen molar-refractivity contribution in [3.05, 3.63) is 0 Å². The zero-order valence-electron chi connectivity index (χ0n) is 9.25. The van der Waals surface area contributed by atoms with Crippen LogP contribution in [0.25, 0.3) is 0 Å². The van der Waals surface area contributed by atoms with Gasteiger partial charge in [0.1, 0.15) is 0 Å². The minimum atomic E-state index is -0.139.